The summed E-state index contributed by atoms with van der Waals surface area (Å²) in [6.45, 7) is 10.5. The predicted molar refractivity (Wildman–Crippen MR) is 150 cm³/mol. The summed E-state index contributed by atoms with van der Waals surface area (Å²) in [5.74, 6) is 0.378. The number of carbonyl (C=O) groups excluding carboxylic acids is 3. The molecule has 1 aromatic carbocycles. The molecule has 0 unspecified atom stereocenters. The topological polar surface area (TPSA) is 146 Å². The third-order valence-electron chi connectivity index (χ3n) is 5.47. The van der Waals surface area contributed by atoms with Crippen molar-refractivity contribution in [3.05, 3.63) is 28.0 Å². The fourth-order valence-electron chi connectivity index (χ4n) is 3.55. The van der Waals surface area contributed by atoms with Crippen LogP contribution in [-0.4, -0.2) is 54.0 Å². The largest absolute Gasteiger partial charge is 0.495 e. The standard InChI is InChI=1S/C26H33Cl2N5O7/c1-25(2,3)21-30-16(12-17(31-21)39-22(29)34)32(13-9-10-13)23(35)33(24(36)40-26(4,5)6)20-18(27)14(37-7)11-15(38-8)19(20)28/h11-13H,9-10H2,1-8H3,(H2,29,34). The van der Waals surface area contributed by atoms with Crippen LogP contribution in [0.3, 0.4) is 0 Å². The molecule has 1 fully saturated rings. The number of halogens is 2. The highest BCUT2D eigenvalue weighted by Crippen LogP contribution is 2.47. The molecule has 0 saturated heterocycles. The second kappa shape index (κ2) is 11.5. The Morgan fingerprint density at radius 3 is 1.93 bits per heavy atom. The third kappa shape index (κ3) is 6.97. The van der Waals surface area contributed by atoms with E-state index in [9.17, 15) is 14.4 Å². The number of amides is 4. The van der Waals surface area contributed by atoms with Crippen molar-refractivity contribution in [1.82, 2.24) is 9.97 Å². The van der Waals surface area contributed by atoms with Crippen LogP contribution in [-0.2, 0) is 10.2 Å². The molecular weight excluding hydrogens is 565 g/mol. The van der Waals surface area contributed by atoms with E-state index in [2.05, 4.69) is 9.97 Å². The predicted octanol–water partition coefficient (Wildman–Crippen LogP) is 6.09. The van der Waals surface area contributed by atoms with E-state index in [4.69, 9.17) is 47.9 Å². The van der Waals surface area contributed by atoms with Gasteiger partial charge < -0.3 is 24.7 Å². The Morgan fingerprint density at radius 2 is 1.50 bits per heavy atom. The number of hydrogen-bond donors (Lipinski definition) is 1. The molecule has 4 amide bonds. The van der Waals surface area contributed by atoms with Gasteiger partial charge in [-0.05, 0) is 33.6 Å². The number of rotatable bonds is 6. The number of aromatic nitrogens is 2. The van der Waals surface area contributed by atoms with Crippen LogP contribution >= 0.6 is 23.2 Å². The average molecular weight is 598 g/mol. The number of nitrogens with zero attached hydrogens (tertiary/aromatic N) is 4. The van der Waals surface area contributed by atoms with Crippen molar-refractivity contribution in [2.45, 2.75) is 71.4 Å². The maximum Gasteiger partial charge on any atom is 0.423 e. The van der Waals surface area contributed by atoms with Crippen LogP contribution in [0.15, 0.2) is 12.1 Å². The molecule has 0 radical (unpaired) electrons. The van der Waals surface area contributed by atoms with E-state index in [-0.39, 0.29) is 50.8 Å². The van der Waals surface area contributed by atoms with Crippen molar-refractivity contribution in [2.75, 3.05) is 24.0 Å². The number of nitrogens with two attached hydrogens (primary N) is 1. The van der Waals surface area contributed by atoms with E-state index < -0.39 is 29.2 Å². The van der Waals surface area contributed by atoms with Crippen LogP contribution in [0.25, 0.3) is 0 Å². The summed E-state index contributed by atoms with van der Waals surface area (Å²) in [6.07, 6.45) is -0.929. The first-order valence-electron chi connectivity index (χ1n) is 12.3. The number of urea groups is 1. The fraction of sp³-hybridized carbons (Fsp3) is 0.500. The molecule has 1 heterocycles. The number of anilines is 2. The van der Waals surface area contributed by atoms with Gasteiger partial charge >= 0.3 is 18.2 Å². The average Bonchev–Trinajstić information content (AvgIpc) is 3.64. The summed E-state index contributed by atoms with van der Waals surface area (Å²) in [5, 5.41) is -0.252. The highest BCUT2D eigenvalue weighted by Gasteiger charge is 2.43. The van der Waals surface area contributed by atoms with Gasteiger partial charge in [-0.15, -0.1) is 0 Å². The maximum atomic E-state index is 14.4. The van der Waals surface area contributed by atoms with Crippen molar-refractivity contribution < 1.29 is 33.3 Å². The molecular formula is C26H33Cl2N5O7. The first-order chi connectivity index (χ1) is 18.5. The molecule has 0 bridgehead atoms. The minimum atomic E-state index is -1.09. The minimum absolute atomic E-state index is 0.0688. The minimum Gasteiger partial charge on any atom is -0.495 e. The van der Waals surface area contributed by atoms with Gasteiger partial charge in [-0.1, -0.05) is 44.0 Å². The van der Waals surface area contributed by atoms with Gasteiger partial charge in [-0.25, -0.2) is 19.4 Å². The summed E-state index contributed by atoms with van der Waals surface area (Å²) in [6, 6.07) is 1.49. The van der Waals surface area contributed by atoms with Crippen molar-refractivity contribution in [3.8, 4) is 17.4 Å². The lowest BCUT2D eigenvalue weighted by atomic mass is 9.96. The zero-order chi connectivity index (χ0) is 30.2. The molecule has 1 saturated carbocycles. The van der Waals surface area contributed by atoms with E-state index >= 15 is 0 Å². The summed E-state index contributed by atoms with van der Waals surface area (Å²) in [4.78, 5) is 50.5. The first kappa shape index (κ1) is 31.0. The molecule has 14 heteroatoms. The number of benzene rings is 1. The Balaban J connectivity index is 2.28. The molecule has 40 heavy (non-hydrogen) atoms. The molecule has 1 aromatic heterocycles. The Bertz CT molecular complexity index is 1290. The van der Waals surface area contributed by atoms with Crippen LogP contribution < -0.4 is 29.7 Å². The van der Waals surface area contributed by atoms with Crippen molar-refractivity contribution in [1.29, 1.82) is 0 Å². The SMILES string of the molecule is COc1cc(OC)c(Cl)c(N(C(=O)OC(C)(C)C)C(=O)N(c2cc(OC(N)=O)nc(C(C)(C)C)n2)C2CC2)c1Cl. The zero-order valence-electron chi connectivity index (χ0n) is 23.6. The molecule has 218 valence electrons. The third-order valence-corrected chi connectivity index (χ3v) is 6.20. The van der Waals surface area contributed by atoms with Gasteiger partial charge in [0.05, 0.1) is 14.2 Å². The molecule has 0 spiro atoms. The summed E-state index contributed by atoms with van der Waals surface area (Å²) in [5.41, 5.74) is 3.43. The maximum absolute atomic E-state index is 14.4. The monoisotopic (exact) mass is 597 g/mol. The normalized spacial score (nSPS) is 13.3. The molecule has 0 aliphatic heterocycles. The molecule has 1 aliphatic rings. The van der Waals surface area contributed by atoms with Gasteiger partial charge in [0.2, 0.25) is 5.88 Å². The molecule has 1 aliphatic carbocycles. The Kier molecular flexibility index (Phi) is 8.95. The molecule has 12 nitrogen and oxygen atoms in total. The molecule has 2 N–H and O–H groups in total. The summed E-state index contributed by atoms with van der Waals surface area (Å²) < 4.78 is 21.3. The van der Waals surface area contributed by atoms with Crippen LogP contribution in [0.5, 0.6) is 17.4 Å². The second-order valence-electron chi connectivity index (χ2n) is 11.0. The fourth-order valence-corrected chi connectivity index (χ4v) is 4.22. The van der Waals surface area contributed by atoms with Crippen LogP contribution in [0.2, 0.25) is 10.0 Å². The van der Waals surface area contributed by atoms with Crippen molar-refractivity contribution >= 4 is 52.9 Å². The number of primary amides is 1. The number of hydrogen-bond acceptors (Lipinski definition) is 9. The Labute approximate surface area is 242 Å². The van der Waals surface area contributed by atoms with Gasteiger partial charge in [0, 0.05) is 23.6 Å². The molecule has 3 rings (SSSR count). The van der Waals surface area contributed by atoms with Crippen molar-refractivity contribution in [3.63, 3.8) is 0 Å². The first-order valence-corrected chi connectivity index (χ1v) is 13.1. The van der Waals surface area contributed by atoms with E-state index in [1.54, 1.807) is 20.8 Å². The van der Waals surface area contributed by atoms with Crippen LogP contribution in [0.1, 0.15) is 60.2 Å². The number of carbonyl (C=O) groups is 3. The van der Waals surface area contributed by atoms with E-state index in [0.717, 1.165) is 0 Å². The van der Waals surface area contributed by atoms with Gasteiger partial charge in [0.1, 0.15) is 44.5 Å². The Hall–Kier alpha value is -3.51. The summed E-state index contributed by atoms with van der Waals surface area (Å²) in [7, 11) is 2.73. The summed E-state index contributed by atoms with van der Waals surface area (Å²) >= 11 is 13.3. The smallest absolute Gasteiger partial charge is 0.423 e. The lowest BCUT2D eigenvalue weighted by Crippen LogP contribution is -2.50. The lowest BCUT2D eigenvalue weighted by Gasteiger charge is -2.32. The van der Waals surface area contributed by atoms with Crippen LogP contribution in [0.4, 0.5) is 25.9 Å². The van der Waals surface area contributed by atoms with Crippen LogP contribution in [0, 0.1) is 0 Å². The Morgan fingerprint density at radius 1 is 0.950 bits per heavy atom. The van der Waals surface area contributed by atoms with Gasteiger partial charge in [0.25, 0.3) is 0 Å². The van der Waals surface area contributed by atoms with E-state index in [0.29, 0.717) is 17.7 Å². The van der Waals surface area contributed by atoms with E-state index in [1.165, 1.54) is 31.3 Å². The van der Waals surface area contributed by atoms with Gasteiger partial charge in [-0.3, -0.25) is 4.90 Å². The highest BCUT2D eigenvalue weighted by molar-refractivity contribution is 6.43. The molecule has 0 atom stereocenters. The highest BCUT2D eigenvalue weighted by atomic mass is 35.5. The van der Waals surface area contributed by atoms with E-state index in [1.807, 2.05) is 20.8 Å². The van der Waals surface area contributed by atoms with Gasteiger partial charge in [-0.2, -0.15) is 9.88 Å². The number of imide groups is 1. The zero-order valence-corrected chi connectivity index (χ0v) is 25.1. The number of methoxy groups -OCH3 is 2. The molecule has 2 aromatic rings. The quantitative estimate of drug-likeness (QED) is 0.417. The number of ether oxygens (including phenoxy) is 4. The van der Waals surface area contributed by atoms with Crippen molar-refractivity contribution in [2.24, 2.45) is 5.73 Å². The lowest BCUT2D eigenvalue weighted by molar-refractivity contribution is 0.0594. The second-order valence-corrected chi connectivity index (χ2v) is 11.8. The van der Waals surface area contributed by atoms with Gasteiger partial charge in [0.15, 0.2) is 0 Å².